The van der Waals surface area contributed by atoms with Gasteiger partial charge < -0.3 is 10.6 Å². The van der Waals surface area contributed by atoms with Gasteiger partial charge in [-0.25, -0.2) is 9.36 Å². The molecule has 1 aliphatic carbocycles. The number of carbonyl (C=O) groups is 2. The summed E-state index contributed by atoms with van der Waals surface area (Å²) in [5.41, 5.74) is 2.09. The number of nitrogens with zero attached hydrogens (tertiary/aromatic N) is 2. The molecule has 4 aromatic rings. The highest BCUT2D eigenvalue weighted by Crippen LogP contribution is 2.19. The SMILES string of the molecule is Cc1cccc(NC(=O)Cn2c(=O)n(-c3ccc(CC(=O)NC4CC4)cc3)c(=O)c3ccccc32)c1. The number of rotatable bonds is 7. The van der Waals surface area contributed by atoms with Gasteiger partial charge in [0.05, 0.1) is 23.0 Å². The van der Waals surface area contributed by atoms with Gasteiger partial charge in [0.1, 0.15) is 6.54 Å². The molecule has 0 unspecified atom stereocenters. The molecule has 36 heavy (non-hydrogen) atoms. The molecule has 1 aromatic heterocycles. The fourth-order valence-corrected chi connectivity index (χ4v) is 4.22. The van der Waals surface area contributed by atoms with Crippen LogP contribution in [0.2, 0.25) is 0 Å². The van der Waals surface area contributed by atoms with E-state index < -0.39 is 11.2 Å². The summed E-state index contributed by atoms with van der Waals surface area (Å²) in [5.74, 6) is -0.426. The number of para-hydroxylation sites is 1. The number of benzene rings is 3. The predicted molar refractivity (Wildman–Crippen MR) is 138 cm³/mol. The van der Waals surface area contributed by atoms with Crippen molar-refractivity contribution in [3.05, 3.63) is 105 Å². The summed E-state index contributed by atoms with van der Waals surface area (Å²) in [4.78, 5) is 51.8. The van der Waals surface area contributed by atoms with Crippen LogP contribution in [0.4, 0.5) is 5.69 Å². The summed E-state index contributed by atoms with van der Waals surface area (Å²) in [6.07, 6.45) is 2.27. The zero-order valence-corrected chi connectivity index (χ0v) is 19.9. The maximum Gasteiger partial charge on any atom is 0.336 e. The second-order valence-electron chi connectivity index (χ2n) is 9.13. The average molecular weight is 483 g/mol. The summed E-state index contributed by atoms with van der Waals surface area (Å²) in [6.45, 7) is 1.67. The number of aromatic nitrogens is 2. The summed E-state index contributed by atoms with van der Waals surface area (Å²) >= 11 is 0. The lowest BCUT2D eigenvalue weighted by molar-refractivity contribution is -0.120. The second-order valence-corrected chi connectivity index (χ2v) is 9.13. The van der Waals surface area contributed by atoms with Crippen LogP contribution in [-0.4, -0.2) is 27.0 Å². The molecule has 1 fully saturated rings. The van der Waals surface area contributed by atoms with E-state index in [1.807, 2.05) is 25.1 Å². The first-order valence-corrected chi connectivity index (χ1v) is 11.9. The number of hydrogen-bond donors (Lipinski definition) is 2. The van der Waals surface area contributed by atoms with Crippen LogP contribution in [0, 0.1) is 6.92 Å². The van der Waals surface area contributed by atoms with E-state index >= 15 is 0 Å². The molecule has 0 saturated heterocycles. The van der Waals surface area contributed by atoms with Gasteiger partial charge in [-0.1, -0.05) is 36.4 Å². The Hall–Kier alpha value is -4.46. The molecule has 8 nitrogen and oxygen atoms in total. The van der Waals surface area contributed by atoms with E-state index in [0.29, 0.717) is 22.3 Å². The van der Waals surface area contributed by atoms with E-state index in [1.54, 1.807) is 54.6 Å². The van der Waals surface area contributed by atoms with Gasteiger partial charge in [-0.2, -0.15) is 0 Å². The average Bonchev–Trinajstić information content (AvgIpc) is 3.67. The van der Waals surface area contributed by atoms with Crippen LogP contribution in [0.5, 0.6) is 0 Å². The summed E-state index contributed by atoms with van der Waals surface area (Å²) in [7, 11) is 0. The monoisotopic (exact) mass is 482 g/mol. The molecule has 0 atom stereocenters. The molecular weight excluding hydrogens is 456 g/mol. The van der Waals surface area contributed by atoms with Crippen molar-refractivity contribution in [2.75, 3.05) is 5.32 Å². The zero-order chi connectivity index (χ0) is 25.2. The Kier molecular flexibility index (Phi) is 6.25. The Balaban J connectivity index is 1.48. The lowest BCUT2D eigenvalue weighted by atomic mass is 10.1. The zero-order valence-electron chi connectivity index (χ0n) is 19.9. The molecule has 0 radical (unpaired) electrons. The molecule has 0 spiro atoms. The molecule has 1 heterocycles. The third-order valence-corrected chi connectivity index (χ3v) is 6.16. The molecule has 0 bridgehead atoms. The van der Waals surface area contributed by atoms with Crippen LogP contribution < -0.4 is 21.9 Å². The van der Waals surface area contributed by atoms with E-state index in [2.05, 4.69) is 10.6 Å². The number of nitrogens with one attached hydrogen (secondary N) is 2. The van der Waals surface area contributed by atoms with E-state index in [9.17, 15) is 19.2 Å². The highest BCUT2D eigenvalue weighted by molar-refractivity contribution is 5.91. The quantitative estimate of drug-likeness (QED) is 0.423. The molecular formula is C28H26N4O4. The number of hydrogen-bond acceptors (Lipinski definition) is 4. The Bertz CT molecular complexity index is 1580. The van der Waals surface area contributed by atoms with Gasteiger partial charge in [0, 0.05) is 11.7 Å². The van der Waals surface area contributed by atoms with Crippen LogP contribution in [0.3, 0.4) is 0 Å². The van der Waals surface area contributed by atoms with Gasteiger partial charge in [0.2, 0.25) is 11.8 Å². The minimum absolute atomic E-state index is 0.0462. The van der Waals surface area contributed by atoms with E-state index in [0.717, 1.165) is 28.5 Å². The number of fused-ring (bicyclic) bond motifs is 1. The number of aryl methyl sites for hydroxylation is 1. The molecule has 3 aromatic carbocycles. The lowest BCUT2D eigenvalue weighted by Gasteiger charge is -2.15. The first kappa shape index (κ1) is 23.3. The third-order valence-electron chi connectivity index (χ3n) is 6.16. The first-order valence-electron chi connectivity index (χ1n) is 11.9. The van der Waals surface area contributed by atoms with Crippen molar-refractivity contribution in [2.24, 2.45) is 0 Å². The standard InChI is InChI=1S/C28H26N4O4/c1-18-5-4-6-21(15-18)30-26(34)17-31-24-8-3-2-7-23(24)27(35)32(28(31)36)22-13-9-19(10-14-22)16-25(33)29-20-11-12-20/h2-10,13-15,20H,11-12,16-17H2,1H3,(H,29,33)(H,30,34). The molecule has 0 aliphatic heterocycles. The molecule has 2 N–H and O–H groups in total. The highest BCUT2D eigenvalue weighted by atomic mass is 16.2. The highest BCUT2D eigenvalue weighted by Gasteiger charge is 2.23. The number of amides is 2. The fraction of sp³-hybridized carbons (Fsp3) is 0.214. The number of anilines is 1. The number of carbonyl (C=O) groups excluding carboxylic acids is 2. The van der Waals surface area contributed by atoms with Crippen molar-refractivity contribution in [2.45, 2.75) is 38.8 Å². The minimum Gasteiger partial charge on any atom is -0.353 e. The maximum absolute atomic E-state index is 13.5. The van der Waals surface area contributed by atoms with Crippen molar-refractivity contribution in [1.29, 1.82) is 0 Å². The second kappa shape index (κ2) is 9.65. The van der Waals surface area contributed by atoms with E-state index in [-0.39, 0.29) is 30.8 Å². The lowest BCUT2D eigenvalue weighted by Crippen LogP contribution is -2.40. The Morgan fingerprint density at radius 1 is 0.917 bits per heavy atom. The van der Waals surface area contributed by atoms with Crippen molar-refractivity contribution in [3.63, 3.8) is 0 Å². The van der Waals surface area contributed by atoms with Crippen LogP contribution in [-0.2, 0) is 22.6 Å². The first-order chi connectivity index (χ1) is 17.4. The van der Waals surface area contributed by atoms with Gasteiger partial charge in [0.15, 0.2) is 0 Å². The topological polar surface area (TPSA) is 102 Å². The molecule has 8 heteroatoms. The molecule has 182 valence electrons. The molecule has 1 aliphatic rings. The van der Waals surface area contributed by atoms with Crippen LogP contribution in [0.15, 0.2) is 82.4 Å². The predicted octanol–water partition coefficient (Wildman–Crippen LogP) is 2.92. The largest absolute Gasteiger partial charge is 0.353 e. The third kappa shape index (κ3) is 4.98. The van der Waals surface area contributed by atoms with E-state index in [1.165, 1.54) is 4.57 Å². The Morgan fingerprint density at radius 3 is 2.39 bits per heavy atom. The summed E-state index contributed by atoms with van der Waals surface area (Å²) in [6, 6.07) is 21.2. The Morgan fingerprint density at radius 2 is 1.67 bits per heavy atom. The van der Waals surface area contributed by atoms with Gasteiger partial charge in [-0.05, 0) is 67.3 Å². The van der Waals surface area contributed by atoms with Crippen LogP contribution in [0.25, 0.3) is 16.6 Å². The van der Waals surface area contributed by atoms with Crippen molar-refractivity contribution in [1.82, 2.24) is 14.5 Å². The van der Waals surface area contributed by atoms with E-state index in [4.69, 9.17) is 0 Å². The smallest absolute Gasteiger partial charge is 0.336 e. The normalized spacial score (nSPS) is 12.9. The van der Waals surface area contributed by atoms with Gasteiger partial charge >= 0.3 is 5.69 Å². The van der Waals surface area contributed by atoms with Crippen molar-refractivity contribution < 1.29 is 9.59 Å². The van der Waals surface area contributed by atoms with Crippen LogP contribution in [0.1, 0.15) is 24.0 Å². The molecule has 5 rings (SSSR count). The van der Waals surface area contributed by atoms with Gasteiger partial charge in [0.25, 0.3) is 5.56 Å². The fourth-order valence-electron chi connectivity index (χ4n) is 4.22. The summed E-state index contributed by atoms with van der Waals surface area (Å²) in [5, 5.41) is 6.09. The minimum atomic E-state index is -0.614. The molecule has 2 amide bonds. The maximum atomic E-state index is 13.5. The van der Waals surface area contributed by atoms with Crippen molar-refractivity contribution in [3.8, 4) is 5.69 Å². The Labute approximate surface area is 207 Å². The van der Waals surface area contributed by atoms with Gasteiger partial charge in [-0.15, -0.1) is 0 Å². The molecule has 1 saturated carbocycles. The van der Waals surface area contributed by atoms with Crippen LogP contribution >= 0.6 is 0 Å². The van der Waals surface area contributed by atoms with Crippen molar-refractivity contribution >= 4 is 28.4 Å². The summed E-state index contributed by atoms with van der Waals surface area (Å²) < 4.78 is 2.37. The van der Waals surface area contributed by atoms with Gasteiger partial charge in [-0.3, -0.25) is 19.0 Å².